The van der Waals surface area contributed by atoms with Crippen molar-refractivity contribution >= 4 is 23.2 Å². The number of hydrogen-bond donors (Lipinski definition) is 0. The molecular formula is C19H21ClN4O3. The average Bonchev–Trinajstić information content (AvgIpc) is 3.03. The van der Waals surface area contributed by atoms with Crippen molar-refractivity contribution in [2.24, 2.45) is 0 Å². The summed E-state index contributed by atoms with van der Waals surface area (Å²) in [6, 6.07) is 7.52. The Hall–Kier alpha value is -2.51. The maximum Gasteiger partial charge on any atom is 0.360 e. The fourth-order valence-corrected chi connectivity index (χ4v) is 3.01. The maximum atomic E-state index is 12.3. The molecule has 0 atom stereocenters. The molecule has 0 unspecified atom stereocenters. The SMILES string of the molecule is COCCOC(=O)c1nnc2c(-c3cccc(Cl)c3)c(C(C)C)nn2c1C. The number of methoxy groups -OCH3 is 1. The highest BCUT2D eigenvalue weighted by Crippen LogP contribution is 2.33. The zero-order chi connectivity index (χ0) is 19.6. The van der Waals surface area contributed by atoms with Gasteiger partial charge in [0.2, 0.25) is 0 Å². The first-order chi connectivity index (χ1) is 12.9. The lowest BCUT2D eigenvalue weighted by atomic mass is 10.00. The van der Waals surface area contributed by atoms with E-state index in [2.05, 4.69) is 24.0 Å². The van der Waals surface area contributed by atoms with Crippen molar-refractivity contribution in [2.75, 3.05) is 20.3 Å². The molecule has 0 aliphatic carbocycles. The molecule has 0 spiro atoms. The Balaban J connectivity index is 2.13. The molecule has 0 saturated heterocycles. The largest absolute Gasteiger partial charge is 0.458 e. The molecule has 7 nitrogen and oxygen atoms in total. The van der Waals surface area contributed by atoms with Crippen LogP contribution in [0.15, 0.2) is 24.3 Å². The first-order valence-electron chi connectivity index (χ1n) is 8.62. The van der Waals surface area contributed by atoms with E-state index in [4.69, 9.17) is 26.2 Å². The summed E-state index contributed by atoms with van der Waals surface area (Å²) in [7, 11) is 1.54. The minimum Gasteiger partial charge on any atom is -0.458 e. The lowest BCUT2D eigenvalue weighted by Crippen LogP contribution is -2.16. The van der Waals surface area contributed by atoms with E-state index < -0.39 is 5.97 Å². The van der Waals surface area contributed by atoms with E-state index in [9.17, 15) is 4.79 Å². The van der Waals surface area contributed by atoms with E-state index in [1.807, 2.05) is 24.3 Å². The van der Waals surface area contributed by atoms with Crippen molar-refractivity contribution in [3.8, 4) is 11.1 Å². The smallest absolute Gasteiger partial charge is 0.360 e. The summed E-state index contributed by atoms with van der Waals surface area (Å²) in [4.78, 5) is 12.3. The van der Waals surface area contributed by atoms with Gasteiger partial charge in [0.15, 0.2) is 11.3 Å². The number of ether oxygens (including phenoxy) is 2. The van der Waals surface area contributed by atoms with Crippen LogP contribution in [0.4, 0.5) is 0 Å². The van der Waals surface area contributed by atoms with E-state index in [0.717, 1.165) is 16.8 Å². The van der Waals surface area contributed by atoms with E-state index in [0.29, 0.717) is 23.0 Å². The van der Waals surface area contributed by atoms with Crippen LogP contribution in [-0.2, 0) is 9.47 Å². The topological polar surface area (TPSA) is 78.6 Å². The molecule has 2 aromatic heterocycles. The molecule has 0 N–H and O–H groups in total. The fraction of sp³-hybridized carbons (Fsp3) is 0.368. The monoisotopic (exact) mass is 388 g/mol. The highest BCUT2D eigenvalue weighted by atomic mass is 35.5. The molecule has 8 heteroatoms. The number of carbonyl (C=O) groups excluding carboxylic acids is 1. The lowest BCUT2D eigenvalue weighted by molar-refractivity contribution is 0.0378. The van der Waals surface area contributed by atoms with Gasteiger partial charge in [0.05, 0.1) is 23.6 Å². The van der Waals surface area contributed by atoms with Crippen molar-refractivity contribution in [1.82, 2.24) is 19.8 Å². The van der Waals surface area contributed by atoms with Crippen LogP contribution < -0.4 is 0 Å². The van der Waals surface area contributed by atoms with Gasteiger partial charge in [-0.1, -0.05) is 37.6 Å². The molecule has 0 aliphatic heterocycles. The second kappa shape index (κ2) is 8.02. The summed E-state index contributed by atoms with van der Waals surface area (Å²) >= 11 is 6.17. The molecule has 0 fully saturated rings. The molecule has 1 aromatic carbocycles. The second-order valence-electron chi connectivity index (χ2n) is 6.42. The third-order valence-corrected chi connectivity index (χ3v) is 4.40. The molecule has 142 valence electrons. The Morgan fingerprint density at radius 2 is 2.04 bits per heavy atom. The van der Waals surface area contributed by atoms with Crippen molar-refractivity contribution in [2.45, 2.75) is 26.7 Å². The zero-order valence-corrected chi connectivity index (χ0v) is 16.4. The van der Waals surface area contributed by atoms with Gasteiger partial charge in [0.1, 0.15) is 6.61 Å². The van der Waals surface area contributed by atoms with Gasteiger partial charge in [-0.15, -0.1) is 10.2 Å². The normalized spacial score (nSPS) is 11.3. The summed E-state index contributed by atoms with van der Waals surface area (Å²) < 4.78 is 11.7. The predicted molar refractivity (Wildman–Crippen MR) is 102 cm³/mol. The van der Waals surface area contributed by atoms with Crippen LogP contribution in [0.5, 0.6) is 0 Å². The molecule has 3 aromatic rings. The quantitative estimate of drug-likeness (QED) is 0.473. The molecule has 3 rings (SSSR count). The number of aryl methyl sites for hydroxylation is 1. The van der Waals surface area contributed by atoms with Crippen LogP contribution in [0.1, 0.15) is 41.6 Å². The van der Waals surface area contributed by atoms with Gasteiger partial charge in [-0.05, 0) is 30.5 Å². The van der Waals surface area contributed by atoms with Gasteiger partial charge < -0.3 is 9.47 Å². The van der Waals surface area contributed by atoms with Gasteiger partial charge in [-0.3, -0.25) is 0 Å². The third-order valence-electron chi connectivity index (χ3n) is 4.17. The average molecular weight is 389 g/mol. The minimum atomic E-state index is -0.551. The molecule has 2 heterocycles. The maximum absolute atomic E-state index is 12.3. The number of benzene rings is 1. The van der Waals surface area contributed by atoms with Crippen molar-refractivity contribution in [3.05, 3.63) is 46.4 Å². The molecule has 0 bridgehead atoms. The Morgan fingerprint density at radius 3 is 2.70 bits per heavy atom. The van der Waals surface area contributed by atoms with Crippen LogP contribution in [-0.4, -0.2) is 46.1 Å². The second-order valence-corrected chi connectivity index (χ2v) is 6.86. The highest BCUT2D eigenvalue weighted by Gasteiger charge is 2.23. The number of aromatic nitrogens is 4. The number of fused-ring (bicyclic) bond motifs is 1. The Morgan fingerprint density at radius 1 is 1.26 bits per heavy atom. The van der Waals surface area contributed by atoms with Gasteiger partial charge in [0.25, 0.3) is 0 Å². The third kappa shape index (κ3) is 3.79. The van der Waals surface area contributed by atoms with E-state index in [1.165, 1.54) is 0 Å². The van der Waals surface area contributed by atoms with E-state index in [-0.39, 0.29) is 18.2 Å². The summed E-state index contributed by atoms with van der Waals surface area (Å²) in [6.45, 7) is 6.35. The summed E-state index contributed by atoms with van der Waals surface area (Å²) in [5, 5.41) is 13.7. The molecule has 0 aliphatic rings. The first kappa shape index (κ1) is 19.3. The fourth-order valence-electron chi connectivity index (χ4n) is 2.82. The van der Waals surface area contributed by atoms with E-state index >= 15 is 0 Å². The first-order valence-corrected chi connectivity index (χ1v) is 8.99. The van der Waals surface area contributed by atoms with E-state index in [1.54, 1.807) is 18.5 Å². The minimum absolute atomic E-state index is 0.133. The van der Waals surface area contributed by atoms with Crippen LogP contribution in [0.3, 0.4) is 0 Å². The van der Waals surface area contributed by atoms with Crippen LogP contribution in [0.2, 0.25) is 5.02 Å². The van der Waals surface area contributed by atoms with Crippen LogP contribution in [0.25, 0.3) is 16.8 Å². The standard InChI is InChI=1S/C19H21ClN4O3/c1-11(2)16-15(13-6-5-7-14(20)10-13)18-22-21-17(12(3)24(18)23-16)19(25)27-9-8-26-4/h5-7,10-11H,8-9H2,1-4H3. The molecule has 27 heavy (non-hydrogen) atoms. The van der Waals surface area contributed by atoms with Crippen LogP contribution in [0, 0.1) is 6.92 Å². The Labute approximate surface area is 162 Å². The Kier molecular flexibility index (Phi) is 5.72. The molecule has 0 amide bonds. The molecule has 0 radical (unpaired) electrons. The summed E-state index contributed by atoms with van der Waals surface area (Å²) in [5.74, 6) is -0.401. The van der Waals surface area contributed by atoms with Gasteiger partial charge >= 0.3 is 5.97 Å². The number of carbonyl (C=O) groups is 1. The summed E-state index contributed by atoms with van der Waals surface area (Å²) in [6.07, 6.45) is 0. The Bertz CT molecular complexity index is 984. The zero-order valence-electron chi connectivity index (χ0n) is 15.7. The predicted octanol–water partition coefficient (Wildman–Crippen LogP) is 3.68. The number of hydrogen-bond acceptors (Lipinski definition) is 6. The van der Waals surface area contributed by atoms with Gasteiger partial charge in [-0.25, -0.2) is 9.31 Å². The van der Waals surface area contributed by atoms with Crippen molar-refractivity contribution in [1.29, 1.82) is 0 Å². The molecular weight excluding hydrogens is 368 g/mol. The van der Waals surface area contributed by atoms with Gasteiger partial charge in [0, 0.05) is 12.1 Å². The van der Waals surface area contributed by atoms with Crippen molar-refractivity contribution < 1.29 is 14.3 Å². The van der Waals surface area contributed by atoms with Crippen molar-refractivity contribution in [3.63, 3.8) is 0 Å². The number of rotatable bonds is 6. The van der Waals surface area contributed by atoms with Gasteiger partial charge in [-0.2, -0.15) is 5.10 Å². The lowest BCUT2D eigenvalue weighted by Gasteiger charge is -2.07. The van der Waals surface area contributed by atoms with Crippen LogP contribution >= 0.6 is 11.6 Å². The highest BCUT2D eigenvalue weighted by molar-refractivity contribution is 6.30. The number of halogens is 1. The molecule has 0 saturated carbocycles. The summed E-state index contributed by atoms with van der Waals surface area (Å²) in [5.41, 5.74) is 3.91. The number of nitrogens with zero attached hydrogens (tertiary/aromatic N) is 4. The number of esters is 1.